The molecule has 3 amide bonds. The van der Waals surface area contributed by atoms with Crippen molar-refractivity contribution in [1.29, 1.82) is 0 Å². The van der Waals surface area contributed by atoms with E-state index >= 15 is 0 Å². The van der Waals surface area contributed by atoms with Gasteiger partial charge in [-0.1, -0.05) is 12.1 Å². The average Bonchev–Trinajstić information content (AvgIpc) is 2.72. The molecule has 3 N–H and O–H groups in total. The van der Waals surface area contributed by atoms with Crippen LogP contribution in [0.4, 0.5) is 0 Å². The fourth-order valence-electron chi connectivity index (χ4n) is 3.77. The Balaban J connectivity index is 1.54. The summed E-state index contributed by atoms with van der Waals surface area (Å²) < 4.78 is 5.14. The zero-order valence-electron chi connectivity index (χ0n) is 16.6. The lowest BCUT2D eigenvalue weighted by Crippen LogP contribution is -2.67. The number of rotatable bonds is 8. The molecule has 3 rings (SSSR count). The molecule has 30 heavy (non-hydrogen) atoms. The van der Waals surface area contributed by atoms with Crippen molar-refractivity contribution in [2.75, 3.05) is 25.2 Å². The third-order valence-corrected chi connectivity index (χ3v) is 6.14. The van der Waals surface area contributed by atoms with Crippen LogP contribution in [0.5, 0.6) is 5.75 Å². The zero-order chi connectivity index (χ0) is 21.7. The number of nitrogens with one attached hydrogen (secondary N) is 2. The summed E-state index contributed by atoms with van der Waals surface area (Å²) >= 11 is 1.02. The van der Waals surface area contributed by atoms with Gasteiger partial charge in [-0.05, 0) is 30.5 Å². The van der Waals surface area contributed by atoms with Gasteiger partial charge in [0.05, 0.1) is 18.6 Å². The number of thioether (sulfide) groups is 1. The summed E-state index contributed by atoms with van der Waals surface area (Å²) in [5, 5.41) is 14.3. The van der Waals surface area contributed by atoms with Crippen LogP contribution in [0.2, 0.25) is 0 Å². The fourth-order valence-corrected chi connectivity index (χ4v) is 4.32. The Kier molecular flexibility index (Phi) is 7.20. The number of aliphatic carboxylic acids is 1. The minimum atomic E-state index is -0.970. The maximum atomic E-state index is 12.9. The van der Waals surface area contributed by atoms with E-state index in [1.165, 1.54) is 0 Å². The summed E-state index contributed by atoms with van der Waals surface area (Å²) in [6.45, 7) is 0.392. The quantitative estimate of drug-likeness (QED) is 0.526. The van der Waals surface area contributed by atoms with E-state index in [9.17, 15) is 19.2 Å². The summed E-state index contributed by atoms with van der Waals surface area (Å²) in [6.07, 6.45) is 1.31. The molecular formula is C20H25N3O6S. The van der Waals surface area contributed by atoms with Gasteiger partial charge in [0, 0.05) is 19.0 Å². The minimum Gasteiger partial charge on any atom is -0.497 e. The molecular weight excluding hydrogens is 410 g/mol. The molecule has 0 spiro atoms. The first-order valence-electron chi connectivity index (χ1n) is 9.70. The van der Waals surface area contributed by atoms with Gasteiger partial charge >= 0.3 is 5.97 Å². The van der Waals surface area contributed by atoms with Crippen molar-refractivity contribution in [2.24, 2.45) is 0 Å². The zero-order valence-corrected chi connectivity index (χ0v) is 17.4. The number of carbonyl (C=O) groups is 4. The molecule has 0 aliphatic carbocycles. The average molecular weight is 436 g/mol. The van der Waals surface area contributed by atoms with Crippen LogP contribution in [-0.2, 0) is 25.6 Å². The smallest absolute Gasteiger partial charge is 0.313 e. The Hall–Kier alpha value is -2.75. The van der Waals surface area contributed by atoms with Gasteiger partial charge in [0.1, 0.15) is 17.8 Å². The highest BCUT2D eigenvalue weighted by atomic mass is 32.2. The number of ether oxygens (including phenoxy) is 1. The van der Waals surface area contributed by atoms with Crippen molar-refractivity contribution in [3.8, 4) is 5.75 Å². The lowest BCUT2D eigenvalue weighted by atomic mass is 9.91. The maximum absolute atomic E-state index is 12.9. The Morgan fingerprint density at radius 3 is 2.67 bits per heavy atom. The number of carboxylic acid groups (broad SMARTS) is 1. The Morgan fingerprint density at radius 1 is 1.27 bits per heavy atom. The molecule has 3 atom stereocenters. The largest absolute Gasteiger partial charge is 0.497 e. The molecule has 2 heterocycles. The predicted molar refractivity (Wildman–Crippen MR) is 110 cm³/mol. The first-order chi connectivity index (χ1) is 14.4. The second-order valence-corrected chi connectivity index (χ2v) is 8.32. The van der Waals surface area contributed by atoms with E-state index in [4.69, 9.17) is 9.84 Å². The highest BCUT2D eigenvalue weighted by molar-refractivity contribution is 8.00. The number of nitrogens with zero attached hydrogens (tertiary/aromatic N) is 1. The molecule has 0 bridgehead atoms. The third kappa shape index (κ3) is 5.44. The van der Waals surface area contributed by atoms with Crippen molar-refractivity contribution in [3.63, 3.8) is 0 Å². The first-order valence-corrected chi connectivity index (χ1v) is 10.9. The second-order valence-electron chi connectivity index (χ2n) is 7.34. The van der Waals surface area contributed by atoms with Crippen molar-refractivity contribution in [3.05, 3.63) is 29.8 Å². The number of hydrogen-bond acceptors (Lipinski definition) is 6. The van der Waals surface area contributed by atoms with Crippen molar-refractivity contribution < 1.29 is 29.0 Å². The number of hydrogen-bond donors (Lipinski definition) is 3. The van der Waals surface area contributed by atoms with Gasteiger partial charge in [-0.3, -0.25) is 19.2 Å². The molecule has 2 aliphatic heterocycles. The number of piperazine rings is 1. The molecule has 2 aliphatic rings. The highest BCUT2D eigenvalue weighted by Gasteiger charge is 2.43. The molecule has 2 fully saturated rings. The maximum Gasteiger partial charge on any atom is 0.313 e. The van der Waals surface area contributed by atoms with Crippen LogP contribution in [-0.4, -0.2) is 77.0 Å². The van der Waals surface area contributed by atoms with E-state index in [2.05, 4.69) is 10.6 Å². The fraction of sp³-hybridized carbons (Fsp3) is 0.500. The number of piperidine rings is 1. The van der Waals surface area contributed by atoms with Crippen LogP contribution in [0.15, 0.2) is 24.3 Å². The minimum absolute atomic E-state index is 0.0479. The first kappa shape index (κ1) is 21.9. The Labute approximate surface area is 178 Å². The van der Waals surface area contributed by atoms with E-state index in [0.717, 1.165) is 23.1 Å². The Bertz CT molecular complexity index is 815. The normalized spacial score (nSPS) is 23.4. The van der Waals surface area contributed by atoms with E-state index in [-0.39, 0.29) is 35.3 Å². The molecule has 10 heteroatoms. The van der Waals surface area contributed by atoms with Crippen LogP contribution in [0.1, 0.15) is 18.4 Å². The van der Waals surface area contributed by atoms with E-state index in [1.807, 2.05) is 24.3 Å². The number of fused-ring (bicyclic) bond motifs is 1. The summed E-state index contributed by atoms with van der Waals surface area (Å²) in [5.41, 5.74) is 0.925. The van der Waals surface area contributed by atoms with Gasteiger partial charge in [0.25, 0.3) is 0 Å². The molecule has 0 unspecified atom stereocenters. The van der Waals surface area contributed by atoms with E-state index in [0.29, 0.717) is 25.8 Å². The van der Waals surface area contributed by atoms with Crippen LogP contribution in [0.25, 0.3) is 0 Å². The highest BCUT2D eigenvalue weighted by Crippen LogP contribution is 2.24. The molecule has 162 valence electrons. The molecule has 1 aromatic carbocycles. The number of methoxy groups -OCH3 is 1. The van der Waals surface area contributed by atoms with E-state index < -0.39 is 18.1 Å². The van der Waals surface area contributed by atoms with Gasteiger partial charge in [-0.25, -0.2) is 0 Å². The van der Waals surface area contributed by atoms with Crippen molar-refractivity contribution >= 4 is 35.5 Å². The van der Waals surface area contributed by atoms with Crippen LogP contribution in [0, 0.1) is 0 Å². The number of benzene rings is 1. The third-order valence-electron chi connectivity index (χ3n) is 5.23. The predicted octanol–water partition coefficient (Wildman–Crippen LogP) is 0.0297. The van der Waals surface area contributed by atoms with Crippen LogP contribution < -0.4 is 15.4 Å². The molecule has 9 nitrogen and oxygen atoms in total. The van der Waals surface area contributed by atoms with Gasteiger partial charge in [0.15, 0.2) is 0 Å². The summed E-state index contributed by atoms with van der Waals surface area (Å²) in [6, 6.07) is 5.94. The summed E-state index contributed by atoms with van der Waals surface area (Å²) in [4.78, 5) is 49.7. The summed E-state index contributed by atoms with van der Waals surface area (Å²) in [5.74, 6) is -0.928. The molecule has 0 aromatic heterocycles. The molecule has 0 saturated carbocycles. The van der Waals surface area contributed by atoms with Crippen LogP contribution >= 0.6 is 11.8 Å². The van der Waals surface area contributed by atoms with Gasteiger partial charge in [-0.2, -0.15) is 0 Å². The molecule has 2 saturated heterocycles. The van der Waals surface area contributed by atoms with Gasteiger partial charge in [0.2, 0.25) is 17.7 Å². The van der Waals surface area contributed by atoms with Crippen molar-refractivity contribution in [1.82, 2.24) is 15.5 Å². The molecule has 0 radical (unpaired) electrons. The monoisotopic (exact) mass is 435 g/mol. The van der Waals surface area contributed by atoms with Gasteiger partial charge in [-0.15, -0.1) is 11.8 Å². The standard InChI is InChI=1S/C20H25N3O6S/c1-29-14-4-2-12(3-5-14)8-15-20(28)23-7-6-13(9-16(23)19(27)22-15)21-17(24)10-30-11-18(25)26/h2-5,13,15-16H,6-11H2,1H3,(H,21,24)(H,22,27)(H,25,26)/t13-,15-,16-/m0/s1. The topological polar surface area (TPSA) is 125 Å². The summed E-state index contributed by atoms with van der Waals surface area (Å²) in [7, 11) is 1.58. The lowest BCUT2D eigenvalue weighted by Gasteiger charge is -2.44. The second kappa shape index (κ2) is 9.84. The lowest BCUT2D eigenvalue weighted by molar-refractivity contribution is -0.151. The number of carboxylic acids is 1. The van der Waals surface area contributed by atoms with Crippen LogP contribution in [0.3, 0.4) is 0 Å². The SMILES string of the molecule is COc1ccc(C[C@@H]2NC(=O)[C@@H]3C[C@@H](NC(=O)CSCC(=O)O)CCN3C2=O)cc1. The molecule has 1 aromatic rings. The van der Waals surface area contributed by atoms with Gasteiger partial charge < -0.3 is 25.4 Å². The van der Waals surface area contributed by atoms with Crippen molar-refractivity contribution in [2.45, 2.75) is 37.4 Å². The Morgan fingerprint density at radius 2 is 2.00 bits per heavy atom. The number of amides is 3. The van der Waals surface area contributed by atoms with E-state index in [1.54, 1.807) is 12.0 Å². The number of carbonyl (C=O) groups excluding carboxylic acids is 3.